The average molecular weight is 343 g/mol. The van der Waals surface area contributed by atoms with Gasteiger partial charge in [0, 0.05) is 34.8 Å². The third-order valence-corrected chi connectivity index (χ3v) is 5.00. The van der Waals surface area contributed by atoms with Crippen LogP contribution < -0.4 is 0 Å². The third-order valence-electron chi connectivity index (χ3n) is 5.00. The molecule has 1 aliphatic carbocycles. The first kappa shape index (κ1) is 21.6. The van der Waals surface area contributed by atoms with Gasteiger partial charge in [-0.3, -0.25) is 9.98 Å². The number of nitrogens with zero attached hydrogens (tertiary/aromatic N) is 2. The Morgan fingerprint density at radius 1 is 0.960 bits per heavy atom. The molecule has 2 nitrogen and oxygen atoms in total. The Morgan fingerprint density at radius 3 is 1.96 bits per heavy atom. The molecular weight excluding hydrogens is 304 g/mol. The summed E-state index contributed by atoms with van der Waals surface area (Å²) in [5.74, 6) is 0.528. The van der Waals surface area contributed by atoms with Crippen LogP contribution in [0.1, 0.15) is 81.6 Å². The molecule has 0 atom stereocenters. The smallest absolute Gasteiger partial charge is 0.0466 e. The summed E-state index contributed by atoms with van der Waals surface area (Å²) in [5, 5.41) is 0. The Hall–Kier alpha value is -1.44. The van der Waals surface area contributed by atoms with Crippen LogP contribution in [0.25, 0.3) is 0 Å². The topological polar surface area (TPSA) is 24.7 Å². The molecule has 2 heteroatoms. The van der Waals surface area contributed by atoms with Crippen molar-refractivity contribution in [3.05, 3.63) is 35.2 Å². The lowest BCUT2D eigenvalue weighted by Gasteiger charge is -2.45. The van der Waals surface area contributed by atoms with Gasteiger partial charge in [-0.15, -0.1) is 0 Å². The quantitative estimate of drug-likeness (QED) is 0.374. The highest BCUT2D eigenvalue weighted by molar-refractivity contribution is 6.02. The van der Waals surface area contributed by atoms with E-state index in [1.54, 1.807) is 0 Å². The van der Waals surface area contributed by atoms with Crippen LogP contribution in [0.3, 0.4) is 0 Å². The van der Waals surface area contributed by atoms with E-state index in [1.165, 1.54) is 25.0 Å². The summed E-state index contributed by atoms with van der Waals surface area (Å²) in [6.07, 6.45) is 11.9. The lowest BCUT2D eigenvalue weighted by molar-refractivity contribution is 0.0813. The molecule has 0 heterocycles. The van der Waals surface area contributed by atoms with Gasteiger partial charge in [0.1, 0.15) is 0 Å². The molecule has 140 valence electrons. The van der Waals surface area contributed by atoms with Gasteiger partial charge < -0.3 is 0 Å². The Balaban J connectivity index is 3.23. The van der Waals surface area contributed by atoms with Crippen LogP contribution in [-0.2, 0) is 0 Å². The van der Waals surface area contributed by atoms with Gasteiger partial charge in [0.05, 0.1) is 0 Å². The SMILES string of the molecule is C\C=C/C(C(/C)=N/C(=C\C)C1CC(C)(C)CC(C)(C)C1)=C(C)\N=C/C. The molecule has 1 rings (SSSR count). The maximum absolute atomic E-state index is 5.07. The zero-order valence-electron chi connectivity index (χ0n) is 17.9. The van der Waals surface area contributed by atoms with Gasteiger partial charge in [0.15, 0.2) is 0 Å². The van der Waals surface area contributed by atoms with Gasteiger partial charge >= 0.3 is 0 Å². The molecular formula is C23H38N2. The number of hydrogen-bond donors (Lipinski definition) is 0. The Kier molecular flexibility index (Phi) is 7.59. The monoisotopic (exact) mass is 342 g/mol. The van der Waals surface area contributed by atoms with Crippen LogP contribution in [0, 0.1) is 16.7 Å². The third kappa shape index (κ3) is 6.41. The number of allylic oxidation sites excluding steroid dienone is 6. The molecule has 0 saturated heterocycles. The van der Waals surface area contributed by atoms with Crippen molar-refractivity contribution >= 4 is 11.9 Å². The van der Waals surface area contributed by atoms with E-state index in [1.807, 2.05) is 20.1 Å². The molecule has 0 bridgehead atoms. The van der Waals surface area contributed by atoms with Crippen molar-refractivity contribution in [2.45, 2.75) is 81.6 Å². The highest BCUT2D eigenvalue weighted by atomic mass is 14.8. The Labute approximate surface area is 155 Å². The number of rotatable bonds is 5. The molecule has 0 aliphatic heterocycles. The van der Waals surface area contributed by atoms with E-state index in [2.05, 4.69) is 71.7 Å². The summed E-state index contributed by atoms with van der Waals surface area (Å²) in [5.41, 5.74) is 5.16. The fourth-order valence-corrected chi connectivity index (χ4v) is 4.63. The van der Waals surface area contributed by atoms with Crippen LogP contribution in [-0.4, -0.2) is 11.9 Å². The van der Waals surface area contributed by atoms with E-state index in [4.69, 9.17) is 4.99 Å². The lowest BCUT2D eigenvalue weighted by Crippen LogP contribution is -2.34. The minimum atomic E-state index is 0.370. The van der Waals surface area contributed by atoms with Crippen LogP contribution in [0.4, 0.5) is 0 Å². The van der Waals surface area contributed by atoms with Gasteiger partial charge in [-0.25, -0.2) is 0 Å². The first-order chi connectivity index (χ1) is 11.5. The van der Waals surface area contributed by atoms with Gasteiger partial charge in [0.2, 0.25) is 0 Å². The largest absolute Gasteiger partial charge is 0.266 e. The normalized spacial score (nSPS) is 23.4. The van der Waals surface area contributed by atoms with Gasteiger partial charge in [-0.2, -0.15) is 0 Å². The fourth-order valence-electron chi connectivity index (χ4n) is 4.63. The first-order valence-electron chi connectivity index (χ1n) is 9.59. The average Bonchev–Trinajstić information content (AvgIpc) is 2.46. The molecule has 0 spiro atoms. The predicted octanol–water partition coefficient (Wildman–Crippen LogP) is 7.14. The van der Waals surface area contributed by atoms with Gasteiger partial charge in [0.25, 0.3) is 0 Å². The lowest BCUT2D eigenvalue weighted by atomic mass is 9.61. The highest BCUT2D eigenvalue weighted by Gasteiger charge is 2.39. The molecule has 0 radical (unpaired) electrons. The van der Waals surface area contributed by atoms with Crippen LogP contribution in [0.15, 0.2) is 45.2 Å². The standard InChI is InChI=1S/C23H38N2/c1-10-13-20(17(4)24-12-3)18(5)25-21(11-2)19-14-22(6,7)16-23(8,9)15-19/h10-13,19H,14-16H2,1-9H3/b13-10-,20-17+,21-11-,24-12-,25-18+. The molecule has 0 aromatic rings. The van der Waals surface area contributed by atoms with Gasteiger partial charge in [-0.05, 0) is 64.7 Å². The molecule has 0 aromatic heterocycles. The summed E-state index contributed by atoms with van der Waals surface area (Å²) in [7, 11) is 0. The molecule has 1 aliphatic rings. The zero-order chi connectivity index (χ0) is 19.3. The van der Waals surface area contributed by atoms with Crippen LogP contribution in [0.2, 0.25) is 0 Å². The fraction of sp³-hybridized carbons (Fsp3) is 0.652. The van der Waals surface area contributed by atoms with E-state index >= 15 is 0 Å². The van der Waals surface area contributed by atoms with E-state index in [-0.39, 0.29) is 0 Å². The maximum atomic E-state index is 5.07. The predicted molar refractivity (Wildman–Crippen MR) is 113 cm³/mol. The van der Waals surface area contributed by atoms with Crippen molar-refractivity contribution in [1.29, 1.82) is 0 Å². The molecule has 0 N–H and O–H groups in total. The molecule has 0 unspecified atom stereocenters. The minimum Gasteiger partial charge on any atom is -0.266 e. The Morgan fingerprint density at radius 2 is 1.52 bits per heavy atom. The number of hydrogen-bond acceptors (Lipinski definition) is 2. The molecule has 25 heavy (non-hydrogen) atoms. The summed E-state index contributed by atoms with van der Waals surface area (Å²) in [4.78, 5) is 9.53. The Bertz CT molecular complexity index is 594. The second kappa shape index (κ2) is 8.78. The van der Waals surface area contributed by atoms with E-state index in [0.29, 0.717) is 16.7 Å². The zero-order valence-corrected chi connectivity index (χ0v) is 17.9. The first-order valence-corrected chi connectivity index (χ1v) is 9.59. The van der Waals surface area contributed by atoms with Crippen molar-refractivity contribution in [2.75, 3.05) is 0 Å². The molecule has 1 saturated carbocycles. The van der Waals surface area contributed by atoms with E-state index in [0.717, 1.165) is 17.0 Å². The van der Waals surface area contributed by atoms with Crippen molar-refractivity contribution in [3.8, 4) is 0 Å². The highest BCUT2D eigenvalue weighted by Crippen LogP contribution is 2.50. The van der Waals surface area contributed by atoms with E-state index in [9.17, 15) is 0 Å². The summed E-state index contributed by atoms with van der Waals surface area (Å²) in [6, 6.07) is 0. The second-order valence-electron chi connectivity index (χ2n) is 8.91. The molecule has 0 amide bonds. The van der Waals surface area contributed by atoms with Crippen molar-refractivity contribution in [1.82, 2.24) is 0 Å². The van der Waals surface area contributed by atoms with Crippen molar-refractivity contribution < 1.29 is 0 Å². The van der Waals surface area contributed by atoms with E-state index < -0.39 is 0 Å². The maximum Gasteiger partial charge on any atom is 0.0466 e. The molecule has 0 aromatic carbocycles. The van der Waals surface area contributed by atoms with Crippen molar-refractivity contribution in [3.63, 3.8) is 0 Å². The van der Waals surface area contributed by atoms with Crippen LogP contribution in [0.5, 0.6) is 0 Å². The molecule has 1 fully saturated rings. The number of aliphatic imine (C=N–C) groups is 2. The summed E-state index contributed by atoms with van der Waals surface area (Å²) in [6.45, 7) is 19.9. The van der Waals surface area contributed by atoms with Crippen molar-refractivity contribution in [2.24, 2.45) is 26.7 Å². The summed E-state index contributed by atoms with van der Waals surface area (Å²) >= 11 is 0. The van der Waals surface area contributed by atoms with Gasteiger partial charge in [-0.1, -0.05) is 45.9 Å². The van der Waals surface area contributed by atoms with Crippen LogP contribution >= 0.6 is 0 Å². The summed E-state index contributed by atoms with van der Waals surface area (Å²) < 4.78 is 0. The second-order valence-corrected chi connectivity index (χ2v) is 8.91. The minimum absolute atomic E-state index is 0.370.